The lowest BCUT2D eigenvalue weighted by Gasteiger charge is -2.12. The highest BCUT2D eigenvalue weighted by molar-refractivity contribution is 7.86. The van der Waals surface area contributed by atoms with E-state index >= 15 is 0 Å². The lowest BCUT2D eigenvalue weighted by Crippen LogP contribution is -2.12. The van der Waals surface area contributed by atoms with Gasteiger partial charge in [-0.2, -0.15) is 13.5 Å². The third-order valence-electron chi connectivity index (χ3n) is 5.62. The van der Waals surface area contributed by atoms with Gasteiger partial charge in [-0.05, 0) is 47.7 Å². The van der Waals surface area contributed by atoms with Gasteiger partial charge < -0.3 is 15.2 Å². The maximum absolute atomic E-state index is 13.1. The van der Waals surface area contributed by atoms with Gasteiger partial charge >= 0.3 is 0 Å². The van der Waals surface area contributed by atoms with Gasteiger partial charge in [0.2, 0.25) is 0 Å². The lowest BCUT2D eigenvalue weighted by molar-refractivity contribution is 0.102. The number of anilines is 1. The fraction of sp³-hybridized carbons (Fsp3) is 0.115. The summed E-state index contributed by atoms with van der Waals surface area (Å²) in [5.41, 5.74) is 1.20. The topological polar surface area (TPSA) is 138 Å². The fourth-order valence-corrected chi connectivity index (χ4v) is 4.80. The number of carbonyl (C=O) groups excluding carboxylic acids is 1. The maximum atomic E-state index is 13.1. The Morgan fingerprint density at radius 2 is 1.81 bits per heavy atom. The van der Waals surface area contributed by atoms with Crippen molar-refractivity contribution >= 4 is 55.5 Å². The van der Waals surface area contributed by atoms with Crippen LogP contribution >= 0.6 is 11.6 Å². The Hall–Kier alpha value is -3.99. The van der Waals surface area contributed by atoms with Gasteiger partial charge in [0, 0.05) is 17.1 Å². The van der Waals surface area contributed by atoms with Crippen LogP contribution in [-0.2, 0) is 16.5 Å². The molecular weight excluding hydrogens is 518 g/mol. The first kappa shape index (κ1) is 26.1. The first-order valence-electron chi connectivity index (χ1n) is 11.0. The highest BCUT2D eigenvalue weighted by Gasteiger charge is 2.20. The van der Waals surface area contributed by atoms with E-state index in [0.717, 1.165) is 0 Å². The molecule has 0 atom stereocenters. The van der Waals surface area contributed by atoms with Crippen LogP contribution in [0.3, 0.4) is 0 Å². The molecule has 0 aromatic heterocycles. The quantitative estimate of drug-likeness (QED) is 0.177. The van der Waals surface area contributed by atoms with E-state index in [0.29, 0.717) is 34.2 Å². The van der Waals surface area contributed by atoms with Gasteiger partial charge in [0.05, 0.1) is 23.4 Å². The molecule has 9 nitrogen and oxygen atoms in total. The predicted octanol–water partition coefficient (Wildman–Crippen LogP) is 6.68. The number of phenols is 1. The molecule has 0 radical (unpaired) electrons. The van der Waals surface area contributed by atoms with E-state index in [2.05, 4.69) is 15.5 Å². The average Bonchev–Trinajstić information content (AvgIpc) is 2.87. The van der Waals surface area contributed by atoms with Crippen molar-refractivity contribution in [3.05, 3.63) is 82.9 Å². The zero-order valence-corrected chi connectivity index (χ0v) is 21.3. The zero-order valence-electron chi connectivity index (χ0n) is 19.8. The molecule has 0 fully saturated rings. The van der Waals surface area contributed by atoms with Crippen molar-refractivity contribution in [3.63, 3.8) is 0 Å². The van der Waals surface area contributed by atoms with E-state index in [1.54, 1.807) is 61.5 Å². The summed E-state index contributed by atoms with van der Waals surface area (Å²) in [7, 11) is -3.01. The zero-order chi connectivity index (χ0) is 26.7. The van der Waals surface area contributed by atoms with E-state index in [1.807, 2.05) is 0 Å². The minimum absolute atomic E-state index is 0.0223. The smallest absolute Gasteiger partial charge is 0.296 e. The molecule has 0 aliphatic rings. The number of carbonyl (C=O) groups is 1. The molecule has 0 aliphatic carbocycles. The van der Waals surface area contributed by atoms with E-state index in [1.165, 1.54) is 19.2 Å². The molecule has 0 saturated carbocycles. The molecule has 0 saturated heterocycles. The van der Waals surface area contributed by atoms with Gasteiger partial charge in [-0.3, -0.25) is 9.35 Å². The van der Waals surface area contributed by atoms with E-state index in [-0.39, 0.29) is 27.7 Å². The number of phenolic OH excluding ortho intramolecular Hbond substituents is 1. The number of benzene rings is 4. The summed E-state index contributed by atoms with van der Waals surface area (Å²) in [6.45, 7) is 1.77. The number of azo groups is 1. The van der Waals surface area contributed by atoms with Crippen molar-refractivity contribution in [2.75, 3.05) is 12.4 Å². The van der Waals surface area contributed by atoms with Crippen LogP contribution in [0, 0.1) is 0 Å². The van der Waals surface area contributed by atoms with E-state index < -0.39 is 20.9 Å². The monoisotopic (exact) mass is 539 g/mol. The molecule has 11 heteroatoms. The van der Waals surface area contributed by atoms with Gasteiger partial charge in [-0.1, -0.05) is 48.9 Å². The van der Waals surface area contributed by atoms with Crippen LogP contribution in [0.2, 0.25) is 5.02 Å². The number of fused-ring (bicyclic) bond motifs is 1. The van der Waals surface area contributed by atoms with E-state index in [9.17, 15) is 22.9 Å². The summed E-state index contributed by atoms with van der Waals surface area (Å²) in [5, 5.41) is 23.2. The molecule has 0 bridgehead atoms. The van der Waals surface area contributed by atoms with Crippen LogP contribution in [0.15, 0.2) is 81.9 Å². The van der Waals surface area contributed by atoms with Gasteiger partial charge in [0.1, 0.15) is 16.3 Å². The van der Waals surface area contributed by atoms with Gasteiger partial charge in [-0.25, -0.2) is 0 Å². The summed E-state index contributed by atoms with van der Waals surface area (Å²) >= 11 is 6.06. The van der Waals surface area contributed by atoms with Crippen molar-refractivity contribution in [2.45, 2.75) is 18.2 Å². The van der Waals surface area contributed by atoms with Gasteiger partial charge in [-0.15, -0.1) is 5.11 Å². The van der Waals surface area contributed by atoms with Crippen molar-refractivity contribution < 1.29 is 27.6 Å². The summed E-state index contributed by atoms with van der Waals surface area (Å²) in [6, 6.07) is 17.9. The molecular formula is C26H22ClN3O6S. The Labute approximate surface area is 218 Å². The van der Waals surface area contributed by atoms with Crippen LogP contribution in [-0.4, -0.2) is 31.1 Å². The molecule has 4 rings (SSSR count). The molecule has 0 unspecified atom stereocenters. The van der Waals surface area contributed by atoms with Crippen LogP contribution in [0.1, 0.15) is 22.8 Å². The standard InChI is InChI=1S/C26H22ClN3O6S/c1-3-15-12-23(37(33,34)35)21(27)14-22(15)29-30-24-19-10-5-4-7-16(19)11-20(25(24)31)26(32)28-17-8-6-9-18(13-17)36-2/h4-14,31H,3H2,1-2H3,(H,28,32)(H,33,34,35). The number of nitrogens with zero attached hydrogens (tertiary/aromatic N) is 2. The highest BCUT2D eigenvalue weighted by atomic mass is 35.5. The minimum Gasteiger partial charge on any atom is -0.505 e. The fourth-order valence-electron chi connectivity index (χ4n) is 3.75. The second-order valence-corrected chi connectivity index (χ2v) is 9.77. The molecule has 0 spiro atoms. The number of amides is 1. The highest BCUT2D eigenvalue weighted by Crippen LogP contribution is 2.40. The van der Waals surface area contributed by atoms with Gasteiger partial charge in [0.15, 0.2) is 5.75 Å². The number of ether oxygens (including phenoxy) is 1. The first-order valence-corrected chi connectivity index (χ1v) is 12.9. The number of nitrogens with one attached hydrogen (secondary N) is 1. The molecule has 1 amide bonds. The third kappa shape index (κ3) is 5.56. The number of hydrogen-bond acceptors (Lipinski definition) is 7. The largest absolute Gasteiger partial charge is 0.505 e. The average molecular weight is 540 g/mol. The Morgan fingerprint density at radius 1 is 1.05 bits per heavy atom. The number of methoxy groups -OCH3 is 1. The Kier molecular flexibility index (Phi) is 7.44. The number of aryl methyl sites for hydroxylation is 1. The lowest BCUT2D eigenvalue weighted by atomic mass is 10.0. The first-order chi connectivity index (χ1) is 17.6. The normalized spacial score (nSPS) is 11.7. The SMILES string of the molecule is CCc1cc(S(=O)(=O)O)c(Cl)cc1N=Nc1c(O)c(C(=O)Nc2cccc(OC)c2)cc2ccccc12. The molecule has 37 heavy (non-hydrogen) atoms. The molecule has 4 aromatic carbocycles. The summed E-state index contributed by atoms with van der Waals surface area (Å²) in [6.07, 6.45) is 0.365. The van der Waals surface area contributed by atoms with Crippen molar-refractivity contribution in [2.24, 2.45) is 10.2 Å². The third-order valence-corrected chi connectivity index (χ3v) is 6.94. The Morgan fingerprint density at radius 3 is 2.51 bits per heavy atom. The number of rotatable bonds is 7. The molecule has 0 aliphatic heterocycles. The maximum Gasteiger partial charge on any atom is 0.296 e. The molecule has 0 heterocycles. The second kappa shape index (κ2) is 10.6. The number of hydrogen-bond donors (Lipinski definition) is 3. The summed E-state index contributed by atoms with van der Waals surface area (Å²) < 4.78 is 37.8. The predicted molar refractivity (Wildman–Crippen MR) is 141 cm³/mol. The number of aromatic hydroxyl groups is 1. The second-order valence-electron chi connectivity index (χ2n) is 7.97. The van der Waals surface area contributed by atoms with Crippen LogP contribution < -0.4 is 10.1 Å². The molecule has 190 valence electrons. The van der Waals surface area contributed by atoms with Crippen molar-refractivity contribution in [1.29, 1.82) is 0 Å². The van der Waals surface area contributed by atoms with Crippen molar-refractivity contribution in [1.82, 2.24) is 0 Å². The summed E-state index contributed by atoms with van der Waals surface area (Å²) in [5.74, 6) is -0.398. The van der Waals surface area contributed by atoms with Crippen LogP contribution in [0.4, 0.5) is 17.1 Å². The van der Waals surface area contributed by atoms with Crippen LogP contribution in [0.25, 0.3) is 10.8 Å². The number of halogens is 1. The van der Waals surface area contributed by atoms with E-state index in [4.69, 9.17) is 16.3 Å². The Balaban J connectivity index is 1.80. The summed E-state index contributed by atoms with van der Waals surface area (Å²) in [4.78, 5) is 12.7. The van der Waals surface area contributed by atoms with Gasteiger partial charge in [0.25, 0.3) is 16.0 Å². The molecule has 3 N–H and O–H groups in total. The molecule has 4 aromatic rings. The van der Waals surface area contributed by atoms with Crippen LogP contribution in [0.5, 0.6) is 11.5 Å². The Bertz CT molecular complexity index is 1650. The van der Waals surface area contributed by atoms with Crippen molar-refractivity contribution in [3.8, 4) is 11.5 Å². The minimum atomic E-state index is -4.53.